The second-order valence-electron chi connectivity index (χ2n) is 3.69. The molecule has 0 radical (unpaired) electrons. The van der Waals surface area contributed by atoms with Crippen LogP contribution in [0.15, 0.2) is 35.8 Å². The summed E-state index contributed by atoms with van der Waals surface area (Å²) < 4.78 is 8.15. The first-order chi connectivity index (χ1) is 8.33. The fourth-order valence-corrected chi connectivity index (χ4v) is 2.97. The molecule has 0 aromatic carbocycles. The van der Waals surface area contributed by atoms with Crippen LogP contribution in [0.25, 0.3) is 15.6 Å². The minimum atomic E-state index is -0.262. The van der Waals surface area contributed by atoms with Gasteiger partial charge in [0, 0.05) is 11.6 Å². The van der Waals surface area contributed by atoms with Crippen LogP contribution < -0.4 is 0 Å². The van der Waals surface area contributed by atoms with Gasteiger partial charge in [0.05, 0.1) is 16.8 Å². The summed E-state index contributed by atoms with van der Waals surface area (Å²) in [6.07, 6.45) is 1.90. The van der Waals surface area contributed by atoms with E-state index in [4.69, 9.17) is 4.74 Å². The Kier molecular flexibility index (Phi) is 2.37. The third-order valence-electron chi connectivity index (χ3n) is 2.72. The van der Waals surface area contributed by atoms with Crippen LogP contribution in [0.5, 0.6) is 0 Å². The molecule has 0 aliphatic rings. The van der Waals surface area contributed by atoms with Crippen LogP contribution in [0.2, 0.25) is 0 Å². The molecule has 3 heterocycles. The molecule has 0 amide bonds. The zero-order valence-corrected chi connectivity index (χ0v) is 10.2. The normalized spacial score (nSPS) is 11.1. The van der Waals surface area contributed by atoms with Crippen LogP contribution in [0.3, 0.4) is 0 Å². The number of nitrogens with zero attached hydrogens (tertiary/aromatic N) is 1. The molecule has 0 saturated carbocycles. The van der Waals surface area contributed by atoms with Crippen molar-refractivity contribution >= 4 is 32.9 Å². The van der Waals surface area contributed by atoms with E-state index < -0.39 is 0 Å². The van der Waals surface area contributed by atoms with Gasteiger partial charge in [-0.15, -0.1) is 11.3 Å². The summed E-state index contributed by atoms with van der Waals surface area (Å²) in [5.41, 5.74) is 1.68. The lowest BCUT2D eigenvalue weighted by Crippen LogP contribution is -2.08. The van der Waals surface area contributed by atoms with Gasteiger partial charge in [-0.3, -0.25) is 0 Å². The zero-order valence-electron chi connectivity index (χ0n) is 9.34. The molecule has 0 bridgehead atoms. The lowest BCUT2D eigenvalue weighted by molar-refractivity contribution is 0.0521. The van der Waals surface area contributed by atoms with Crippen molar-refractivity contribution in [1.82, 2.24) is 4.40 Å². The predicted octanol–water partition coefficient (Wildman–Crippen LogP) is 3.33. The summed E-state index contributed by atoms with van der Waals surface area (Å²) in [7, 11) is 0. The van der Waals surface area contributed by atoms with E-state index in [1.807, 2.05) is 47.2 Å². The minimum absolute atomic E-state index is 0.262. The van der Waals surface area contributed by atoms with Gasteiger partial charge >= 0.3 is 5.97 Å². The highest BCUT2D eigenvalue weighted by molar-refractivity contribution is 7.18. The Morgan fingerprint density at radius 1 is 1.41 bits per heavy atom. The molecular weight excluding hydrogens is 234 g/mol. The third kappa shape index (κ3) is 1.45. The summed E-state index contributed by atoms with van der Waals surface area (Å²) in [4.78, 5) is 12.0. The van der Waals surface area contributed by atoms with Crippen LogP contribution in [-0.4, -0.2) is 17.0 Å². The number of hydrogen-bond acceptors (Lipinski definition) is 3. The fourth-order valence-electron chi connectivity index (χ4n) is 2.05. The van der Waals surface area contributed by atoms with E-state index in [0.717, 1.165) is 15.6 Å². The van der Waals surface area contributed by atoms with Crippen molar-refractivity contribution in [2.75, 3.05) is 6.61 Å². The van der Waals surface area contributed by atoms with E-state index in [2.05, 4.69) is 0 Å². The number of fused-ring (bicyclic) bond motifs is 3. The maximum atomic E-state index is 12.0. The Balaban J connectivity index is 2.38. The van der Waals surface area contributed by atoms with E-state index in [9.17, 15) is 4.79 Å². The number of thiophene rings is 1. The molecule has 0 N–H and O–H groups in total. The van der Waals surface area contributed by atoms with Crippen LogP contribution in [0.1, 0.15) is 17.4 Å². The lowest BCUT2D eigenvalue weighted by Gasteiger charge is -2.02. The molecule has 0 aliphatic carbocycles. The van der Waals surface area contributed by atoms with Gasteiger partial charge in [0.2, 0.25) is 0 Å². The van der Waals surface area contributed by atoms with Gasteiger partial charge in [0.25, 0.3) is 0 Å². The fraction of sp³-hybridized carbons (Fsp3) is 0.154. The van der Waals surface area contributed by atoms with Crippen LogP contribution >= 0.6 is 11.3 Å². The lowest BCUT2D eigenvalue weighted by atomic mass is 10.3. The van der Waals surface area contributed by atoms with Gasteiger partial charge in [-0.05, 0) is 30.5 Å². The van der Waals surface area contributed by atoms with E-state index in [1.165, 1.54) is 0 Å². The first kappa shape index (κ1) is 10.4. The summed E-state index contributed by atoms with van der Waals surface area (Å²) in [6, 6.07) is 7.88. The monoisotopic (exact) mass is 245 g/mol. The first-order valence-electron chi connectivity index (χ1n) is 5.46. The molecule has 0 fully saturated rings. The Hall–Kier alpha value is -1.81. The molecular formula is C13H11NO2S. The van der Waals surface area contributed by atoms with Crippen molar-refractivity contribution in [3.8, 4) is 0 Å². The number of carbonyl (C=O) groups is 1. The number of pyridine rings is 1. The second-order valence-corrected chi connectivity index (χ2v) is 4.60. The number of aromatic nitrogens is 1. The SMILES string of the molecule is CCOC(=O)c1c2ccsc2c2ccccn12. The Morgan fingerprint density at radius 3 is 3.12 bits per heavy atom. The molecule has 3 nitrogen and oxygen atoms in total. The number of esters is 1. The minimum Gasteiger partial charge on any atom is -0.461 e. The van der Waals surface area contributed by atoms with Crippen LogP contribution in [-0.2, 0) is 4.74 Å². The molecule has 0 spiro atoms. The largest absolute Gasteiger partial charge is 0.461 e. The summed E-state index contributed by atoms with van der Waals surface area (Å²) >= 11 is 1.64. The summed E-state index contributed by atoms with van der Waals surface area (Å²) in [6.45, 7) is 2.21. The maximum Gasteiger partial charge on any atom is 0.355 e. The van der Waals surface area contributed by atoms with E-state index in [0.29, 0.717) is 12.3 Å². The van der Waals surface area contributed by atoms with Crippen LogP contribution in [0, 0.1) is 0 Å². The first-order valence-corrected chi connectivity index (χ1v) is 6.34. The summed E-state index contributed by atoms with van der Waals surface area (Å²) in [5, 5.41) is 2.97. The van der Waals surface area contributed by atoms with Gasteiger partial charge in [0.1, 0.15) is 5.69 Å². The smallest absolute Gasteiger partial charge is 0.355 e. The average molecular weight is 245 g/mol. The van der Waals surface area contributed by atoms with Crippen LogP contribution in [0.4, 0.5) is 0 Å². The van der Waals surface area contributed by atoms with Crippen molar-refractivity contribution < 1.29 is 9.53 Å². The highest BCUT2D eigenvalue weighted by Crippen LogP contribution is 2.31. The molecule has 0 saturated heterocycles. The Morgan fingerprint density at radius 2 is 2.29 bits per heavy atom. The molecule has 4 heteroatoms. The van der Waals surface area contributed by atoms with E-state index in [1.54, 1.807) is 11.3 Å². The molecule has 3 aromatic rings. The van der Waals surface area contributed by atoms with E-state index >= 15 is 0 Å². The number of hydrogen-bond donors (Lipinski definition) is 0. The number of carbonyl (C=O) groups excluding carboxylic acids is 1. The molecule has 86 valence electrons. The van der Waals surface area contributed by atoms with Gasteiger partial charge in [0.15, 0.2) is 0 Å². The Labute approximate surface area is 102 Å². The predicted molar refractivity (Wildman–Crippen MR) is 68.7 cm³/mol. The van der Waals surface area contributed by atoms with Crippen molar-refractivity contribution in [2.45, 2.75) is 6.92 Å². The highest BCUT2D eigenvalue weighted by atomic mass is 32.1. The van der Waals surface area contributed by atoms with E-state index in [-0.39, 0.29) is 5.97 Å². The number of ether oxygens (including phenoxy) is 1. The molecule has 3 aromatic heterocycles. The molecule has 0 aliphatic heterocycles. The maximum absolute atomic E-state index is 12.0. The molecule has 3 rings (SSSR count). The van der Waals surface area contributed by atoms with Crippen molar-refractivity contribution in [3.05, 3.63) is 41.5 Å². The quantitative estimate of drug-likeness (QED) is 0.648. The molecule has 17 heavy (non-hydrogen) atoms. The Bertz CT molecular complexity index is 696. The van der Waals surface area contributed by atoms with Crippen molar-refractivity contribution in [1.29, 1.82) is 0 Å². The topological polar surface area (TPSA) is 30.7 Å². The standard InChI is InChI=1S/C13H11NO2S/c1-2-16-13(15)11-9-6-8-17-12(9)10-5-3-4-7-14(10)11/h3-8H,2H2,1H3. The van der Waals surface area contributed by atoms with Gasteiger partial charge in [-0.2, -0.15) is 0 Å². The average Bonchev–Trinajstić information content (AvgIpc) is 2.88. The second kappa shape index (κ2) is 3.89. The number of rotatable bonds is 2. The van der Waals surface area contributed by atoms with Crippen molar-refractivity contribution in [3.63, 3.8) is 0 Å². The zero-order chi connectivity index (χ0) is 11.8. The third-order valence-corrected chi connectivity index (χ3v) is 3.66. The van der Waals surface area contributed by atoms with Gasteiger partial charge in [-0.25, -0.2) is 4.79 Å². The molecule has 0 unspecified atom stereocenters. The van der Waals surface area contributed by atoms with Crippen molar-refractivity contribution in [2.24, 2.45) is 0 Å². The summed E-state index contributed by atoms with van der Waals surface area (Å²) in [5.74, 6) is -0.262. The van der Waals surface area contributed by atoms with Gasteiger partial charge in [-0.1, -0.05) is 6.07 Å². The van der Waals surface area contributed by atoms with Gasteiger partial charge < -0.3 is 9.14 Å². The molecule has 0 atom stereocenters. The highest BCUT2D eigenvalue weighted by Gasteiger charge is 2.19.